The molecule has 1 saturated carbocycles. The van der Waals surface area contributed by atoms with E-state index in [1.807, 2.05) is 11.3 Å². The van der Waals surface area contributed by atoms with Crippen LogP contribution < -0.4 is 5.32 Å². The first-order valence-electron chi connectivity index (χ1n) is 8.58. The molecule has 0 saturated heterocycles. The number of hydrogen-bond donors (Lipinski definition) is 1. The van der Waals surface area contributed by atoms with Crippen molar-refractivity contribution in [2.24, 2.45) is 5.92 Å². The smallest absolute Gasteiger partial charge is 0.123 e. The van der Waals surface area contributed by atoms with Gasteiger partial charge in [0.05, 0.1) is 0 Å². The van der Waals surface area contributed by atoms with Gasteiger partial charge in [-0.05, 0) is 38.1 Å². The Bertz CT molecular complexity index is 419. The fraction of sp³-hybridized carbons (Fsp3) is 0.882. The molecule has 1 aromatic rings. The quantitative estimate of drug-likeness (QED) is 0.726. The molecular weight excluding hydrogens is 278 g/mol. The van der Waals surface area contributed by atoms with Crippen LogP contribution in [0.25, 0.3) is 0 Å². The maximum Gasteiger partial charge on any atom is 0.123 e. The number of nitrogens with zero attached hydrogens (tertiary/aromatic N) is 2. The zero-order valence-electron chi connectivity index (χ0n) is 14.1. The molecule has 0 spiro atoms. The monoisotopic (exact) mass is 309 g/mol. The van der Waals surface area contributed by atoms with E-state index in [0.717, 1.165) is 25.3 Å². The first-order valence-corrected chi connectivity index (χ1v) is 9.40. The third kappa shape index (κ3) is 4.75. The van der Waals surface area contributed by atoms with Gasteiger partial charge in [0.15, 0.2) is 0 Å². The molecule has 0 aromatic carbocycles. The molecule has 1 heterocycles. The maximum absolute atomic E-state index is 4.59. The van der Waals surface area contributed by atoms with E-state index in [1.165, 1.54) is 42.1 Å². The summed E-state index contributed by atoms with van der Waals surface area (Å²) < 4.78 is 0. The van der Waals surface area contributed by atoms with Crippen LogP contribution in [0.5, 0.6) is 0 Å². The van der Waals surface area contributed by atoms with Gasteiger partial charge in [0.25, 0.3) is 0 Å². The van der Waals surface area contributed by atoms with Gasteiger partial charge < -0.3 is 5.32 Å². The first-order chi connectivity index (χ1) is 10.0. The minimum absolute atomic E-state index is 0.347. The third-order valence-electron chi connectivity index (χ3n) is 4.40. The molecule has 0 atom stereocenters. The van der Waals surface area contributed by atoms with Gasteiger partial charge in [0, 0.05) is 17.9 Å². The molecule has 0 bridgehead atoms. The molecule has 1 aliphatic carbocycles. The van der Waals surface area contributed by atoms with Crippen LogP contribution in [0.3, 0.4) is 0 Å². The van der Waals surface area contributed by atoms with Crippen LogP contribution >= 0.6 is 11.3 Å². The van der Waals surface area contributed by atoms with Crippen molar-refractivity contribution in [3.05, 3.63) is 10.0 Å². The second-order valence-corrected chi connectivity index (χ2v) is 8.36. The molecule has 0 aliphatic heterocycles. The van der Waals surface area contributed by atoms with Gasteiger partial charge in [-0.2, -0.15) is 0 Å². The van der Waals surface area contributed by atoms with Crippen LogP contribution in [-0.4, -0.2) is 22.8 Å². The highest BCUT2D eigenvalue weighted by Gasteiger charge is 2.39. The van der Waals surface area contributed by atoms with Crippen molar-refractivity contribution in [1.29, 1.82) is 0 Å². The summed E-state index contributed by atoms with van der Waals surface area (Å²) in [4.78, 5) is 0. The van der Waals surface area contributed by atoms with Crippen molar-refractivity contribution in [3.63, 3.8) is 0 Å². The second-order valence-electron chi connectivity index (χ2n) is 7.30. The minimum atomic E-state index is 0.347. The standard InChI is InChI=1S/C17H31N3S/c1-13(2)12-17(9-5-6-10-17)16-20-19-15(21-16)8-7-11-18-14(3)4/h13-14,18H,5-12H2,1-4H3. The number of nitrogens with one attached hydrogen (secondary N) is 1. The Labute approximate surface area is 133 Å². The predicted octanol–water partition coefficient (Wildman–Crippen LogP) is 4.33. The molecule has 0 unspecified atom stereocenters. The Morgan fingerprint density at radius 3 is 2.48 bits per heavy atom. The number of rotatable bonds is 8. The fourth-order valence-electron chi connectivity index (χ4n) is 3.54. The van der Waals surface area contributed by atoms with Crippen molar-refractivity contribution < 1.29 is 0 Å². The molecule has 4 heteroatoms. The maximum atomic E-state index is 4.59. The number of aryl methyl sites for hydroxylation is 1. The SMILES string of the molecule is CC(C)CC1(c2nnc(CCCNC(C)C)s2)CCCC1. The number of hydrogen-bond acceptors (Lipinski definition) is 4. The zero-order chi connectivity index (χ0) is 15.3. The van der Waals surface area contributed by atoms with E-state index in [-0.39, 0.29) is 0 Å². The van der Waals surface area contributed by atoms with Gasteiger partial charge >= 0.3 is 0 Å². The van der Waals surface area contributed by atoms with Crippen LogP contribution in [0, 0.1) is 5.92 Å². The summed E-state index contributed by atoms with van der Waals surface area (Å²) in [6, 6.07) is 0.572. The van der Waals surface area contributed by atoms with Crippen LogP contribution in [0.2, 0.25) is 0 Å². The lowest BCUT2D eigenvalue weighted by Crippen LogP contribution is -2.24. The molecule has 3 nitrogen and oxygen atoms in total. The largest absolute Gasteiger partial charge is 0.315 e. The van der Waals surface area contributed by atoms with E-state index >= 15 is 0 Å². The van der Waals surface area contributed by atoms with Crippen LogP contribution in [0.4, 0.5) is 0 Å². The van der Waals surface area contributed by atoms with Crippen molar-refractivity contribution in [2.75, 3.05) is 6.54 Å². The van der Waals surface area contributed by atoms with E-state index in [2.05, 4.69) is 43.2 Å². The van der Waals surface area contributed by atoms with E-state index in [0.29, 0.717) is 11.5 Å². The molecule has 1 fully saturated rings. The Morgan fingerprint density at radius 1 is 1.14 bits per heavy atom. The van der Waals surface area contributed by atoms with Crippen molar-refractivity contribution >= 4 is 11.3 Å². The van der Waals surface area contributed by atoms with Crippen molar-refractivity contribution in [3.8, 4) is 0 Å². The third-order valence-corrected chi connectivity index (χ3v) is 5.63. The Kier molecular flexibility index (Phi) is 6.18. The lowest BCUT2D eigenvalue weighted by Gasteiger charge is -2.27. The summed E-state index contributed by atoms with van der Waals surface area (Å²) >= 11 is 1.88. The zero-order valence-corrected chi connectivity index (χ0v) is 14.9. The van der Waals surface area contributed by atoms with Gasteiger partial charge in [-0.25, -0.2) is 0 Å². The molecule has 1 N–H and O–H groups in total. The Morgan fingerprint density at radius 2 is 1.86 bits per heavy atom. The Hall–Kier alpha value is -0.480. The van der Waals surface area contributed by atoms with E-state index in [9.17, 15) is 0 Å². The Balaban J connectivity index is 1.94. The molecule has 1 aromatic heterocycles. The molecule has 0 radical (unpaired) electrons. The van der Waals surface area contributed by atoms with Gasteiger partial charge in [-0.1, -0.05) is 40.5 Å². The minimum Gasteiger partial charge on any atom is -0.315 e. The van der Waals surface area contributed by atoms with Crippen LogP contribution in [0.1, 0.15) is 76.2 Å². The van der Waals surface area contributed by atoms with Gasteiger partial charge in [-0.15, -0.1) is 21.5 Å². The van der Waals surface area contributed by atoms with Crippen LogP contribution in [0.15, 0.2) is 0 Å². The average molecular weight is 310 g/mol. The summed E-state index contributed by atoms with van der Waals surface area (Å²) in [5, 5.41) is 15.1. The van der Waals surface area contributed by atoms with Gasteiger partial charge in [0.1, 0.15) is 10.0 Å². The molecule has 0 amide bonds. The predicted molar refractivity (Wildman–Crippen MR) is 91.0 cm³/mol. The average Bonchev–Trinajstić information content (AvgIpc) is 3.03. The number of aromatic nitrogens is 2. The summed E-state index contributed by atoms with van der Waals surface area (Å²) in [6.07, 6.45) is 8.85. The lowest BCUT2D eigenvalue weighted by atomic mass is 9.79. The summed E-state index contributed by atoms with van der Waals surface area (Å²) in [7, 11) is 0. The lowest BCUT2D eigenvalue weighted by molar-refractivity contribution is 0.343. The van der Waals surface area contributed by atoms with Crippen LogP contribution in [-0.2, 0) is 11.8 Å². The van der Waals surface area contributed by atoms with E-state index in [4.69, 9.17) is 0 Å². The highest BCUT2D eigenvalue weighted by Crippen LogP contribution is 2.46. The van der Waals surface area contributed by atoms with E-state index in [1.54, 1.807) is 0 Å². The van der Waals surface area contributed by atoms with Crippen molar-refractivity contribution in [1.82, 2.24) is 15.5 Å². The highest BCUT2D eigenvalue weighted by molar-refractivity contribution is 7.11. The highest BCUT2D eigenvalue weighted by atomic mass is 32.1. The topological polar surface area (TPSA) is 37.8 Å². The van der Waals surface area contributed by atoms with Gasteiger partial charge in [0.2, 0.25) is 0 Å². The first kappa shape index (κ1) is 16.9. The fourth-order valence-corrected chi connectivity index (χ4v) is 4.67. The van der Waals surface area contributed by atoms with Gasteiger partial charge in [-0.3, -0.25) is 0 Å². The molecule has 1 aliphatic rings. The second kappa shape index (κ2) is 7.68. The molecule has 2 rings (SSSR count). The normalized spacial score (nSPS) is 18.0. The molecule has 120 valence electrons. The molecular formula is C17H31N3S. The van der Waals surface area contributed by atoms with Crippen molar-refractivity contribution in [2.45, 2.75) is 84.1 Å². The van der Waals surface area contributed by atoms with E-state index < -0.39 is 0 Å². The summed E-state index contributed by atoms with van der Waals surface area (Å²) in [5.41, 5.74) is 0.347. The summed E-state index contributed by atoms with van der Waals surface area (Å²) in [6.45, 7) is 10.1. The molecule has 21 heavy (non-hydrogen) atoms. The summed E-state index contributed by atoms with van der Waals surface area (Å²) in [5.74, 6) is 0.741.